The van der Waals surface area contributed by atoms with Crippen LogP contribution in [0.3, 0.4) is 0 Å². The molecular weight excluding hydrogens is 386 g/mol. The first kappa shape index (κ1) is 16.7. The first-order valence-corrected chi connectivity index (χ1v) is 9.06. The van der Waals surface area contributed by atoms with Crippen LogP contribution in [0.4, 0.5) is 5.13 Å². The molecule has 0 unspecified atom stereocenters. The number of hydrogen-bond acceptors (Lipinski definition) is 5. The summed E-state index contributed by atoms with van der Waals surface area (Å²) >= 11 is 4.96. The van der Waals surface area contributed by atoms with E-state index in [-0.39, 0.29) is 0 Å². The van der Waals surface area contributed by atoms with E-state index < -0.39 is 0 Å². The number of thiazole rings is 1. The van der Waals surface area contributed by atoms with Crippen molar-refractivity contribution in [3.63, 3.8) is 0 Å². The molecule has 0 saturated carbocycles. The summed E-state index contributed by atoms with van der Waals surface area (Å²) in [6, 6.07) is 17.8. The third-order valence-corrected chi connectivity index (χ3v) is 4.45. The molecule has 24 heavy (non-hydrogen) atoms. The number of rotatable bonds is 6. The molecule has 0 bridgehead atoms. The lowest BCUT2D eigenvalue weighted by Gasteiger charge is -2.05. The zero-order chi connectivity index (χ0) is 16.8. The number of para-hydroxylation sites is 1. The minimum absolute atomic E-state index is 0.432. The fourth-order valence-electron chi connectivity index (χ4n) is 1.96. The Labute approximate surface area is 153 Å². The van der Waals surface area contributed by atoms with Crippen LogP contribution in [0.5, 0.6) is 5.75 Å². The SMILES string of the molecule is C/C(COc1ccccc1)=N\Nc1nc(-c2ccc(Br)cc2)cs1. The molecule has 3 aromatic rings. The Bertz CT molecular complexity index is 816. The van der Waals surface area contributed by atoms with Gasteiger partial charge < -0.3 is 4.74 Å². The molecule has 3 rings (SSSR count). The van der Waals surface area contributed by atoms with E-state index in [1.165, 1.54) is 11.3 Å². The average Bonchev–Trinajstić information content (AvgIpc) is 3.09. The number of ether oxygens (including phenoxy) is 1. The Morgan fingerprint density at radius 3 is 2.67 bits per heavy atom. The zero-order valence-corrected chi connectivity index (χ0v) is 15.5. The molecule has 2 aromatic carbocycles. The van der Waals surface area contributed by atoms with E-state index >= 15 is 0 Å². The van der Waals surface area contributed by atoms with Gasteiger partial charge in [-0.15, -0.1) is 11.3 Å². The second-order valence-corrected chi connectivity index (χ2v) is 6.88. The van der Waals surface area contributed by atoms with Gasteiger partial charge in [0.15, 0.2) is 0 Å². The molecule has 4 nitrogen and oxygen atoms in total. The Morgan fingerprint density at radius 1 is 1.17 bits per heavy atom. The summed E-state index contributed by atoms with van der Waals surface area (Å²) in [5.41, 5.74) is 5.85. The van der Waals surface area contributed by atoms with E-state index in [9.17, 15) is 0 Å². The van der Waals surface area contributed by atoms with Crippen molar-refractivity contribution < 1.29 is 4.74 Å². The molecule has 1 N–H and O–H groups in total. The number of hydrogen-bond donors (Lipinski definition) is 1. The maximum absolute atomic E-state index is 5.65. The van der Waals surface area contributed by atoms with Gasteiger partial charge in [-0.1, -0.05) is 46.3 Å². The molecule has 122 valence electrons. The van der Waals surface area contributed by atoms with Gasteiger partial charge in [0.1, 0.15) is 12.4 Å². The van der Waals surface area contributed by atoms with E-state index in [0.717, 1.165) is 32.3 Å². The largest absolute Gasteiger partial charge is 0.488 e. The van der Waals surface area contributed by atoms with Crippen LogP contribution in [0, 0.1) is 0 Å². The molecule has 0 amide bonds. The van der Waals surface area contributed by atoms with Crippen LogP contribution >= 0.6 is 27.3 Å². The van der Waals surface area contributed by atoms with E-state index in [1.807, 2.05) is 66.9 Å². The van der Waals surface area contributed by atoms with Crippen molar-refractivity contribution >= 4 is 38.1 Å². The van der Waals surface area contributed by atoms with E-state index in [0.29, 0.717) is 6.61 Å². The number of hydrazone groups is 1. The summed E-state index contributed by atoms with van der Waals surface area (Å²) in [5.74, 6) is 0.832. The summed E-state index contributed by atoms with van der Waals surface area (Å²) < 4.78 is 6.70. The van der Waals surface area contributed by atoms with Crippen molar-refractivity contribution in [3.8, 4) is 17.0 Å². The van der Waals surface area contributed by atoms with E-state index in [2.05, 4.69) is 31.4 Å². The van der Waals surface area contributed by atoms with Crippen molar-refractivity contribution in [2.24, 2.45) is 5.10 Å². The van der Waals surface area contributed by atoms with Crippen LogP contribution in [-0.4, -0.2) is 17.3 Å². The molecule has 0 saturated heterocycles. The van der Waals surface area contributed by atoms with Gasteiger partial charge in [0, 0.05) is 15.4 Å². The molecule has 0 aliphatic heterocycles. The van der Waals surface area contributed by atoms with E-state index in [1.54, 1.807) is 0 Å². The third-order valence-electron chi connectivity index (χ3n) is 3.18. The molecule has 0 atom stereocenters. The number of benzene rings is 2. The van der Waals surface area contributed by atoms with Gasteiger partial charge in [-0.25, -0.2) is 4.98 Å². The summed E-state index contributed by atoms with van der Waals surface area (Å²) in [6.07, 6.45) is 0. The normalized spacial score (nSPS) is 11.3. The first-order valence-electron chi connectivity index (χ1n) is 7.39. The van der Waals surface area contributed by atoms with Crippen molar-refractivity contribution in [1.29, 1.82) is 0 Å². The van der Waals surface area contributed by atoms with Gasteiger partial charge in [-0.2, -0.15) is 5.10 Å². The number of nitrogens with one attached hydrogen (secondary N) is 1. The van der Waals surface area contributed by atoms with Crippen LogP contribution < -0.4 is 10.2 Å². The fourth-order valence-corrected chi connectivity index (χ4v) is 2.88. The quantitative estimate of drug-likeness (QED) is 0.441. The van der Waals surface area contributed by atoms with Crippen molar-refractivity contribution in [1.82, 2.24) is 4.98 Å². The predicted octanol–water partition coefficient (Wildman–Crippen LogP) is 5.44. The Morgan fingerprint density at radius 2 is 1.92 bits per heavy atom. The summed E-state index contributed by atoms with van der Waals surface area (Å²) in [5, 5.41) is 7.08. The molecule has 1 aromatic heterocycles. The van der Waals surface area contributed by atoms with Gasteiger partial charge >= 0.3 is 0 Å². The van der Waals surface area contributed by atoms with Gasteiger partial charge in [-0.05, 0) is 31.2 Å². The third kappa shape index (κ3) is 4.66. The Hall–Kier alpha value is -2.18. The molecule has 0 radical (unpaired) electrons. The lowest BCUT2D eigenvalue weighted by atomic mass is 10.2. The maximum atomic E-state index is 5.65. The molecule has 0 aliphatic rings. The topological polar surface area (TPSA) is 46.5 Å². The minimum atomic E-state index is 0.432. The Kier molecular flexibility index (Phi) is 5.61. The smallest absolute Gasteiger partial charge is 0.203 e. The number of nitrogens with zero attached hydrogens (tertiary/aromatic N) is 2. The standard InChI is InChI=1S/C18H16BrN3OS/c1-13(11-23-16-5-3-2-4-6-16)21-22-18-20-17(12-24-18)14-7-9-15(19)10-8-14/h2-10,12H,11H2,1H3,(H,20,22)/b21-13+. The lowest BCUT2D eigenvalue weighted by Crippen LogP contribution is -2.09. The first-order chi connectivity index (χ1) is 11.7. The fraction of sp³-hybridized carbons (Fsp3) is 0.111. The second kappa shape index (κ2) is 8.08. The predicted molar refractivity (Wildman–Crippen MR) is 104 cm³/mol. The van der Waals surface area contributed by atoms with Gasteiger partial charge in [0.05, 0.1) is 11.4 Å². The highest BCUT2D eigenvalue weighted by atomic mass is 79.9. The summed E-state index contributed by atoms with van der Waals surface area (Å²) in [4.78, 5) is 4.54. The summed E-state index contributed by atoms with van der Waals surface area (Å²) in [7, 11) is 0. The highest BCUT2D eigenvalue weighted by molar-refractivity contribution is 9.10. The molecule has 1 heterocycles. The number of aromatic nitrogens is 1. The number of halogens is 1. The van der Waals surface area contributed by atoms with Crippen molar-refractivity contribution in [3.05, 3.63) is 64.5 Å². The van der Waals surface area contributed by atoms with Crippen molar-refractivity contribution in [2.75, 3.05) is 12.0 Å². The van der Waals surface area contributed by atoms with Crippen molar-refractivity contribution in [2.45, 2.75) is 6.92 Å². The zero-order valence-electron chi connectivity index (χ0n) is 13.1. The van der Waals surface area contributed by atoms with Gasteiger partial charge in [0.2, 0.25) is 5.13 Å². The van der Waals surface area contributed by atoms with Crippen LogP contribution in [-0.2, 0) is 0 Å². The minimum Gasteiger partial charge on any atom is -0.488 e. The molecule has 0 aliphatic carbocycles. The molecule has 0 fully saturated rings. The average molecular weight is 402 g/mol. The van der Waals surface area contributed by atoms with Gasteiger partial charge in [0.25, 0.3) is 0 Å². The molecule has 6 heteroatoms. The molecule has 0 spiro atoms. The lowest BCUT2D eigenvalue weighted by molar-refractivity contribution is 0.376. The van der Waals surface area contributed by atoms with Gasteiger partial charge in [-0.3, -0.25) is 5.43 Å². The van der Waals surface area contributed by atoms with E-state index in [4.69, 9.17) is 4.74 Å². The summed E-state index contributed by atoms with van der Waals surface area (Å²) in [6.45, 7) is 2.35. The van der Waals surface area contributed by atoms with Crippen LogP contribution in [0.2, 0.25) is 0 Å². The van der Waals surface area contributed by atoms with Crippen LogP contribution in [0.25, 0.3) is 11.3 Å². The Balaban J connectivity index is 1.57. The number of anilines is 1. The maximum Gasteiger partial charge on any atom is 0.203 e. The second-order valence-electron chi connectivity index (χ2n) is 5.11. The highest BCUT2D eigenvalue weighted by Crippen LogP contribution is 2.26. The van der Waals surface area contributed by atoms with Crippen LogP contribution in [0.15, 0.2) is 69.6 Å². The highest BCUT2D eigenvalue weighted by Gasteiger charge is 2.04. The molecular formula is C18H16BrN3OS. The monoisotopic (exact) mass is 401 g/mol. The van der Waals surface area contributed by atoms with Crippen LogP contribution in [0.1, 0.15) is 6.92 Å².